The molecule has 0 radical (unpaired) electrons. The molecule has 0 amide bonds. The van der Waals surface area contributed by atoms with Crippen LogP contribution in [0.1, 0.15) is 84.0 Å². The molecule has 0 aromatic carbocycles. The van der Waals surface area contributed by atoms with Crippen LogP contribution in [0.15, 0.2) is 24.3 Å². The van der Waals surface area contributed by atoms with Crippen molar-refractivity contribution in [1.82, 2.24) is 0 Å². The van der Waals surface area contributed by atoms with E-state index in [1.807, 2.05) is 12.2 Å². The van der Waals surface area contributed by atoms with Crippen molar-refractivity contribution >= 4 is 11.9 Å². The summed E-state index contributed by atoms with van der Waals surface area (Å²) in [4.78, 5) is 22.2. The van der Waals surface area contributed by atoms with Crippen molar-refractivity contribution < 1.29 is 14.3 Å². The predicted octanol–water partition coefficient (Wildman–Crippen LogP) is 5.50. The monoisotopic (exact) mass is 320 g/mol. The minimum absolute atomic E-state index is 0.207. The Hall–Kier alpha value is -1.38. The third-order valence-electron chi connectivity index (χ3n) is 4.15. The molecule has 0 aromatic rings. The highest BCUT2D eigenvalue weighted by molar-refractivity contribution is 5.95. The Bertz CT molecular complexity index is 396. The van der Waals surface area contributed by atoms with Gasteiger partial charge in [0, 0.05) is 0 Å². The third-order valence-corrected chi connectivity index (χ3v) is 4.15. The summed E-state index contributed by atoms with van der Waals surface area (Å²) in [7, 11) is 0. The van der Waals surface area contributed by atoms with Crippen molar-refractivity contribution in [2.75, 3.05) is 0 Å². The van der Waals surface area contributed by atoms with E-state index in [9.17, 15) is 9.59 Å². The summed E-state index contributed by atoms with van der Waals surface area (Å²) < 4.78 is 4.51. The van der Waals surface area contributed by atoms with Crippen LogP contribution in [-0.4, -0.2) is 11.9 Å². The molecule has 0 saturated carbocycles. The summed E-state index contributed by atoms with van der Waals surface area (Å²) in [5.41, 5.74) is 0. The lowest BCUT2D eigenvalue weighted by Gasteiger charge is -1.98. The molecule has 1 rings (SSSR count). The Labute approximate surface area is 141 Å². The van der Waals surface area contributed by atoms with Gasteiger partial charge in [-0.1, -0.05) is 63.3 Å². The van der Waals surface area contributed by atoms with Crippen molar-refractivity contribution in [3.8, 4) is 0 Å². The zero-order valence-corrected chi connectivity index (χ0v) is 14.6. The van der Waals surface area contributed by atoms with Gasteiger partial charge >= 0.3 is 11.9 Å². The second kappa shape index (κ2) is 13.1. The summed E-state index contributed by atoms with van der Waals surface area (Å²) in [6.45, 7) is 2.25. The van der Waals surface area contributed by atoms with Crippen molar-refractivity contribution in [2.24, 2.45) is 5.92 Å². The minimum atomic E-state index is -0.401. The van der Waals surface area contributed by atoms with Crippen molar-refractivity contribution in [1.29, 1.82) is 0 Å². The van der Waals surface area contributed by atoms with Gasteiger partial charge in [-0.15, -0.1) is 0 Å². The number of cyclic esters (lactones) is 2. The number of unbranched alkanes of at least 4 members (excludes halogenated alkanes) is 9. The van der Waals surface area contributed by atoms with E-state index in [0.717, 1.165) is 12.8 Å². The lowest BCUT2D eigenvalue weighted by Crippen LogP contribution is -2.03. The maximum absolute atomic E-state index is 11.2. The summed E-state index contributed by atoms with van der Waals surface area (Å²) in [5, 5.41) is 0. The van der Waals surface area contributed by atoms with Gasteiger partial charge in [-0.25, -0.2) is 0 Å². The van der Waals surface area contributed by atoms with Crippen LogP contribution in [0.4, 0.5) is 0 Å². The average molecular weight is 320 g/mol. The van der Waals surface area contributed by atoms with E-state index < -0.39 is 11.9 Å². The summed E-state index contributed by atoms with van der Waals surface area (Å²) in [5.74, 6) is -1.14. The third kappa shape index (κ3) is 10.1. The Kier molecular flexibility index (Phi) is 11.2. The lowest BCUT2D eigenvalue weighted by atomic mass is 10.1. The molecule has 1 unspecified atom stereocenters. The SMILES string of the molecule is CCCCCCCC=CCCCCCC=CC1CC(=O)OC1=O. The number of allylic oxidation sites excluding steroid dienone is 3. The molecular formula is C20H32O3. The van der Waals surface area contributed by atoms with Crippen LogP contribution in [0.2, 0.25) is 0 Å². The van der Waals surface area contributed by atoms with E-state index in [-0.39, 0.29) is 12.3 Å². The van der Waals surface area contributed by atoms with Gasteiger partial charge in [0.25, 0.3) is 0 Å². The van der Waals surface area contributed by atoms with Crippen LogP contribution < -0.4 is 0 Å². The van der Waals surface area contributed by atoms with Gasteiger partial charge in [0.2, 0.25) is 0 Å². The number of hydrogen-bond donors (Lipinski definition) is 0. The molecule has 1 aliphatic heterocycles. The van der Waals surface area contributed by atoms with Crippen LogP contribution in [0.5, 0.6) is 0 Å². The average Bonchev–Trinajstić information content (AvgIpc) is 2.85. The molecule has 3 heteroatoms. The zero-order valence-electron chi connectivity index (χ0n) is 14.6. The van der Waals surface area contributed by atoms with E-state index >= 15 is 0 Å². The Morgan fingerprint density at radius 3 is 2.00 bits per heavy atom. The highest BCUT2D eigenvalue weighted by atomic mass is 16.6. The summed E-state index contributed by atoms with van der Waals surface area (Å²) in [6, 6.07) is 0. The van der Waals surface area contributed by atoms with Crippen LogP contribution in [-0.2, 0) is 14.3 Å². The molecule has 0 aliphatic carbocycles. The molecule has 0 N–H and O–H groups in total. The van der Waals surface area contributed by atoms with Crippen LogP contribution in [0.25, 0.3) is 0 Å². The molecule has 0 bridgehead atoms. The Balaban J connectivity index is 1.88. The van der Waals surface area contributed by atoms with E-state index in [4.69, 9.17) is 0 Å². The van der Waals surface area contributed by atoms with Gasteiger partial charge in [0.15, 0.2) is 0 Å². The topological polar surface area (TPSA) is 43.4 Å². The standard InChI is InChI=1S/C20H32O3/c1-2-3-4-5-6-7-8-9-10-11-12-13-14-15-16-18-17-19(21)23-20(18)22/h8-9,15-16,18H,2-7,10-14,17H2,1H3. The molecule has 1 fully saturated rings. The molecule has 0 spiro atoms. The van der Waals surface area contributed by atoms with Crippen LogP contribution >= 0.6 is 0 Å². The highest BCUT2D eigenvalue weighted by Crippen LogP contribution is 2.17. The fourth-order valence-electron chi connectivity index (χ4n) is 2.70. The molecule has 130 valence electrons. The number of esters is 2. The van der Waals surface area contributed by atoms with E-state index in [0.29, 0.717) is 0 Å². The normalized spacial score (nSPS) is 18.4. The second-order valence-electron chi connectivity index (χ2n) is 6.34. The van der Waals surface area contributed by atoms with Gasteiger partial charge in [0.1, 0.15) is 0 Å². The summed E-state index contributed by atoms with van der Waals surface area (Å²) in [6.07, 6.45) is 22.4. The molecular weight excluding hydrogens is 288 g/mol. The van der Waals surface area contributed by atoms with Crippen molar-refractivity contribution in [3.05, 3.63) is 24.3 Å². The highest BCUT2D eigenvalue weighted by Gasteiger charge is 2.30. The van der Waals surface area contributed by atoms with Gasteiger partial charge in [0.05, 0.1) is 12.3 Å². The Morgan fingerprint density at radius 1 is 0.870 bits per heavy atom. The molecule has 1 saturated heterocycles. The van der Waals surface area contributed by atoms with E-state index in [2.05, 4.69) is 23.8 Å². The molecule has 1 aliphatic rings. The van der Waals surface area contributed by atoms with Crippen LogP contribution in [0.3, 0.4) is 0 Å². The van der Waals surface area contributed by atoms with Gasteiger partial charge in [-0.05, 0) is 38.5 Å². The fourth-order valence-corrected chi connectivity index (χ4v) is 2.70. The molecule has 0 aromatic heterocycles. The maximum atomic E-state index is 11.2. The number of rotatable bonds is 13. The number of carbonyl (C=O) groups is 2. The quantitative estimate of drug-likeness (QED) is 0.195. The van der Waals surface area contributed by atoms with Crippen LogP contribution in [0, 0.1) is 5.92 Å². The van der Waals surface area contributed by atoms with Gasteiger partial charge in [-0.2, -0.15) is 0 Å². The van der Waals surface area contributed by atoms with Crippen molar-refractivity contribution in [2.45, 2.75) is 84.0 Å². The molecule has 3 nitrogen and oxygen atoms in total. The first-order valence-electron chi connectivity index (χ1n) is 9.30. The lowest BCUT2D eigenvalue weighted by molar-refractivity contribution is -0.152. The first-order chi connectivity index (χ1) is 11.2. The fraction of sp³-hybridized carbons (Fsp3) is 0.700. The van der Waals surface area contributed by atoms with Crippen molar-refractivity contribution in [3.63, 3.8) is 0 Å². The first kappa shape index (κ1) is 19.7. The van der Waals surface area contributed by atoms with E-state index in [1.54, 1.807) is 0 Å². The largest absolute Gasteiger partial charge is 0.393 e. The Morgan fingerprint density at radius 2 is 1.43 bits per heavy atom. The zero-order chi connectivity index (χ0) is 16.8. The molecule has 23 heavy (non-hydrogen) atoms. The number of hydrogen-bond acceptors (Lipinski definition) is 3. The maximum Gasteiger partial charge on any atom is 0.321 e. The molecule has 1 heterocycles. The number of ether oxygens (including phenoxy) is 1. The number of carbonyl (C=O) groups excluding carboxylic acids is 2. The predicted molar refractivity (Wildman–Crippen MR) is 93.9 cm³/mol. The minimum Gasteiger partial charge on any atom is -0.393 e. The first-order valence-corrected chi connectivity index (χ1v) is 9.30. The van der Waals surface area contributed by atoms with E-state index in [1.165, 1.54) is 57.8 Å². The van der Waals surface area contributed by atoms with Gasteiger partial charge in [-0.3, -0.25) is 9.59 Å². The smallest absolute Gasteiger partial charge is 0.321 e. The summed E-state index contributed by atoms with van der Waals surface area (Å²) >= 11 is 0. The molecule has 1 atom stereocenters. The van der Waals surface area contributed by atoms with Gasteiger partial charge < -0.3 is 4.74 Å². The second-order valence-corrected chi connectivity index (χ2v) is 6.34.